The predicted molar refractivity (Wildman–Crippen MR) is 189 cm³/mol. The van der Waals surface area contributed by atoms with Gasteiger partial charge in [-0.05, 0) is 89.9 Å². The van der Waals surface area contributed by atoms with Crippen LogP contribution in [0.15, 0.2) is 80.8 Å². The first kappa shape index (κ1) is 34.0. The summed E-state index contributed by atoms with van der Waals surface area (Å²) in [5, 5.41) is 0.363. The van der Waals surface area contributed by atoms with Gasteiger partial charge in [0.15, 0.2) is 5.54 Å². The van der Waals surface area contributed by atoms with Gasteiger partial charge in [0.05, 0.1) is 41.5 Å². The second kappa shape index (κ2) is 13.3. The lowest BCUT2D eigenvalue weighted by Gasteiger charge is -2.41. The summed E-state index contributed by atoms with van der Waals surface area (Å²) in [5.74, 6) is 0.693. The van der Waals surface area contributed by atoms with Crippen LogP contribution in [-0.2, 0) is 26.9 Å². The molecule has 7 rings (SSSR count). The van der Waals surface area contributed by atoms with Gasteiger partial charge in [-0.25, -0.2) is 17.7 Å². The van der Waals surface area contributed by atoms with Crippen molar-refractivity contribution in [3.63, 3.8) is 0 Å². The van der Waals surface area contributed by atoms with Crippen LogP contribution in [0.2, 0.25) is 5.02 Å². The van der Waals surface area contributed by atoms with Crippen molar-refractivity contribution in [3.8, 4) is 11.5 Å². The fraction of sp³-hybridized carbons (Fsp3) is 0.371. The van der Waals surface area contributed by atoms with E-state index in [0.29, 0.717) is 57.5 Å². The molecule has 2 atom stereocenters. The number of anilines is 1. The zero-order chi connectivity index (χ0) is 34.5. The number of methoxy groups -OCH3 is 2. The van der Waals surface area contributed by atoms with E-state index in [1.54, 1.807) is 37.6 Å². The molecule has 0 N–H and O–H groups in total. The number of sulfonamides is 1. The molecule has 1 aromatic heterocycles. The fourth-order valence-electron chi connectivity index (χ4n) is 7.42. The quantitative estimate of drug-likeness (QED) is 0.211. The number of nitrogens with zero attached hydrogens (tertiary/aromatic N) is 5. The second-order valence-corrected chi connectivity index (χ2v) is 15.7. The average Bonchev–Trinajstić information content (AvgIpc) is 3.85. The summed E-state index contributed by atoms with van der Waals surface area (Å²) in [6.45, 7) is 4.83. The summed E-state index contributed by atoms with van der Waals surface area (Å²) in [6, 6.07) is 14.8. The smallest absolute Gasteiger partial charge is 0.271 e. The van der Waals surface area contributed by atoms with Crippen LogP contribution in [0.25, 0.3) is 0 Å². The molecule has 0 saturated carbocycles. The highest BCUT2D eigenvalue weighted by atomic mass is 79.9. The van der Waals surface area contributed by atoms with Gasteiger partial charge in [0.1, 0.15) is 17.8 Å². The van der Waals surface area contributed by atoms with Gasteiger partial charge in [-0.1, -0.05) is 17.7 Å². The number of carbonyl (C=O) groups is 1. The fourth-order valence-corrected chi connectivity index (χ4v) is 9.77. The number of aromatic nitrogens is 1. The number of amides is 1. The minimum Gasteiger partial charge on any atom is -0.496 e. The van der Waals surface area contributed by atoms with E-state index in [4.69, 9.17) is 25.5 Å². The van der Waals surface area contributed by atoms with Crippen molar-refractivity contribution in [2.75, 3.05) is 58.3 Å². The van der Waals surface area contributed by atoms with Crippen molar-refractivity contribution in [1.29, 1.82) is 0 Å². The number of fused-ring (bicyclic) bond motifs is 1. The van der Waals surface area contributed by atoms with E-state index >= 15 is 4.79 Å². The first-order chi connectivity index (χ1) is 23.6. The van der Waals surface area contributed by atoms with Gasteiger partial charge in [0.25, 0.3) is 15.9 Å². The molecule has 11 nitrogen and oxygen atoms in total. The number of ether oxygens (including phenoxy) is 2. The molecular weight excluding hydrogens is 734 g/mol. The number of carbonyl (C=O) groups excluding carboxylic acids is 1. The molecular formula is C35H37BrClN5O6S. The highest BCUT2D eigenvalue weighted by Crippen LogP contribution is 2.57. The zero-order valence-corrected chi connectivity index (χ0v) is 30.6. The monoisotopic (exact) mass is 769 g/mol. The Morgan fingerprint density at radius 1 is 0.980 bits per heavy atom. The van der Waals surface area contributed by atoms with Crippen LogP contribution in [0.3, 0.4) is 0 Å². The van der Waals surface area contributed by atoms with Crippen LogP contribution in [-0.4, -0.2) is 88.0 Å². The van der Waals surface area contributed by atoms with E-state index in [1.807, 2.05) is 23.1 Å². The van der Waals surface area contributed by atoms with E-state index in [2.05, 4.69) is 37.8 Å². The Morgan fingerprint density at radius 3 is 2.43 bits per heavy atom. The zero-order valence-electron chi connectivity index (χ0n) is 27.4. The van der Waals surface area contributed by atoms with E-state index < -0.39 is 27.5 Å². The first-order valence-corrected chi connectivity index (χ1v) is 18.7. The Hall–Kier alpha value is -3.46. The highest BCUT2D eigenvalue weighted by Gasteiger charge is 2.63. The Kier molecular flexibility index (Phi) is 9.26. The molecule has 1 amide bonds. The molecule has 2 saturated heterocycles. The second-order valence-electron chi connectivity index (χ2n) is 12.6. The standard InChI is InChI=1S/C35H37BrClN5O6S/c1-39-14-16-40(17-15-39)22-23-6-10-31(46-2)27(19-23)35(41-13-4-5-30(41)33-38-12-18-48-33)26-20-24(37)7-9-29(26)42(34(35)43)49(44,45)25-8-11-32(47-3)28(36)21-25/h6-12,18-21,30H,4-5,13-17,22H2,1-3H3. The lowest BCUT2D eigenvalue weighted by molar-refractivity contribution is -0.127. The number of hydrogen-bond donors (Lipinski definition) is 0. The predicted octanol–water partition coefficient (Wildman–Crippen LogP) is 5.67. The summed E-state index contributed by atoms with van der Waals surface area (Å²) in [6.07, 6.45) is 4.46. The Balaban J connectivity index is 1.47. The number of halogens is 2. The molecule has 4 heterocycles. The van der Waals surface area contributed by atoms with E-state index in [1.165, 1.54) is 25.5 Å². The maximum atomic E-state index is 15.6. The minimum absolute atomic E-state index is 0.0771. The third-order valence-electron chi connectivity index (χ3n) is 9.80. The van der Waals surface area contributed by atoms with Gasteiger partial charge in [-0.3, -0.25) is 14.6 Å². The van der Waals surface area contributed by atoms with Crippen LogP contribution in [0.5, 0.6) is 11.5 Å². The van der Waals surface area contributed by atoms with Gasteiger partial charge < -0.3 is 18.8 Å². The number of oxazole rings is 1. The van der Waals surface area contributed by atoms with Crippen molar-refractivity contribution in [3.05, 3.63) is 99.1 Å². The average molecular weight is 771 g/mol. The van der Waals surface area contributed by atoms with Crippen LogP contribution >= 0.6 is 27.5 Å². The molecule has 0 spiro atoms. The van der Waals surface area contributed by atoms with Crippen LogP contribution < -0.4 is 13.8 Å². The van der Waals surface area contributed by atoms with Crippen LogP contribution in [0, 0.1) is 0 Å². The topological polar surface area (TPSA) is 109 Å². The number of rotatable bonds is 9. The molecule has 0 aliphatic carbocycles. The van der Waals surface area contributed by atoms with Gasteiger partial charge >= 0.3 is 0 Å². The Bertz CT molecular complexity index is 1990. The van der Waals surface area contributed by atoms with Crippen molar-refractivity contribution >= 4 is 49.1 Å². The highest BCUT2D eigenvalue weighted by molar-refractivity contribution is 9.10. The number of likely N-dealkylation sites (N-methyl/N-ethyl adjacent to an activating group) is 1. The molecule has 2 fully saturated rings. The van der Waals surface area contributed by atoms with E-state index in [0.717, 1.165) is 42.5 Å². The van der Waals surface area contributed by atoms with E-state index in [-0.39, 0.29) is 10.6 Å². The van der Waals surface area contributed by atoms with Gasteiger partial charge in [-0.15, -0.1) is 0 Å². The number of benzene rings is 3. The Morgan fingerprint density at radius 2 is 1.73 bits per heavy atom. The molecule has 0 bridgehead atoms. The molecule has 3 aromatic carbocycles. The number of likely N-dealkylation sites (tertiary alicyclic amines) is 1. The molecule has 3 aliphatic rings. The third-order valence-corrected chi connectivity index (χ3v) is 12.3. The third kappa shape index (κ3) is 5.74. The molecule has 258 valence electrons. The van der Waals surface area contributed by atoms with Crippen molar-refractivity contribution < 1.29 is 27.1 Å². The van der Waals surface area contributed by atoms with E-state index in [9.17, 15) is 8.42 Å². The van der Waals surface area contributed by atoms with Gasteiger partial charge in [-0.2, -0.15) is 0 Å². The molecule has 0 radical (unpaired) electrons. The van der Waals surface area contributed by atoms with Crippen molar-refractivity contribution in [2.45, 2.75) is 35.9 Å². The molecule has 3 aliphatic heterocycles. The van der Waals surface area contributed by atoms with Crippen LogP contribution in [0.4, 0.5) is 5.69 Å². The maximum Gasteiger partial charge on any atom is 0.271 e. The first-order valence-electron chi connectivity index (χ1n) is 16.1. The number of piperazine rings is 1. The normalized spacial score (nSPS) is 22.1. The molecule has 2 unspecified atom stereocenters. The lowest BCUT2D eigenvalue weighted by Crippen LogP contribution is -2.54. The van der Waals surface area contributed by atoms with Crippen LogP contribution in [0.1, 0.15) is 41.5 Å². The Labute approximate surface area is 299 Å². The summed E-state index contributed by atoms with van der Waals surface area (Å²) >= 11 is 10.1. The maximum absolute atomic E-state index is 15.6. The largest absolute Gasteiger partial charge is 0.496 e. The molecule has 4 aromatic rings. The summed E-state index contributed by atoms with van der Waals surface area (Å²) in [5.41, 5.74) is 0.488. The summed E-state index contributed by atoms with van der Waals surface area (Å²) in [7, 11) is 0.711. The number of hydrogen-bond acceptors (Lipinski definition) is 10. The lowest BCUT2D eigenvalue weighted by atomic mass is 9.80. The summed E-state index contributed by atoms with van der Waals surface area (Å²) < 4.78 is 48.0. The van der Waals surface area contributed by atoms with Gasteiger partial charge in [0, 0.05) is 55.4 Å². The minimum atomic E-state index is -4.46. The molecule has 14 heteroatoms. The van der Waals surface area contributed by atoms with Gasteiger partial charge in [0.2, 0.25) is 5.89 Å². The SMILES string of the molecule is COc1ccc(S(=O)(=O)N2C(=O)C(c3cc(CN4CCN(C)CC4)ccc3OC)(N3CCCC3c3ncco3)c3cc(Cl)ccc32)cc1Br. The van der Waals surface area contributed by atoms with Crippen molar-refractivity contribution in [1.82, 2.24) is 19.7 Å². The van der Waals surface area contributed by atoms with Crippen molar-refractivity contribution in [2.24, 2.45) is 0 Å². The summed E-state index contributed by atoms with van der Waals surface area (Å²) in [4.78, 5) is 26.7. The molecule has 49 heavy (non-hydrogen) atoms.